The average Bonchev–Trinajstić information content (AvgIpc) is 3.34. The highest BCUT2D eigenvalue weighted by Gasteiger charge is 2.82. The van der Waals surface area contributed by atoms with Crippen LogP contribution in [0.4, 0.5) is 4.39 Å². The molecule has 6 nitrogen and oxygen atoms in total. The molecule has 5 rings (SSSR count). The van der Waals surface area contributed by atoms with Gasteiger partial charge in [0.05, 0.1) is 6.10 Å². The molecule has 4 fully saturated rings. The summed E-state index contributed by atoms with van der Waals surface area (Å²) in [5.41, 5.74) is -3.25. The van der Waals surface area contributed by atoms with E-state index in [9.17, 15) is 19.5 Å². The van der Waals surface area contributed by atoms with Crippen molar-refractivity contribution in [3.63, 3.8) is 0 Å². The zero-order valence-electron chi connectivity index (χ0n) is 17.4. The minimum atomic E-state index is -1.63. The van der Waals surface area contributed by atoms with Crippen molar-refractivity contribution in [3.8, 4) is 0 Å². The minimum Gasteiger partial charge on any atom is -0.458 e. The van der Waals surface area contributed by atoms with Crippen LogP contribution in [0.15, 0.2) is 23.8 Å². The van der Waals surface area contributed by atoms with Gasteiger partial charge in [-0.2, -0.15) is 0 Å². The molecule has 1 saturated heterocycles. The number of carbonyl (C=O) groups excluding carboxylic acids is 3. The molecule has 1 aliphatic heterocycles. The molecule has 1 spiro atoms. The second kappa shape index (κ2) is 5.88. The zero-order chi connectivity index (χ0) is 21.7. The predicted molar refractivity (Wildman–Crippen MR) is 103 cm³/mol. The van der Waals surface area contributed by atoms with E-state index < -0.39 is 46.6 Å². The first-order valence-electron chi connectivity index (χ1n) is 10.7. The fourth-order valence-electron chi connectivity index (χ4n) is 7.39. The minimum absolute atomic E-state index is 0.106. The predicted octanol–water partition coefficient (Wildman–Crippen LogP) is 2.24. The summed E-state index contributed by atoms with van der Waals surface area (Å²) in [5, 5.41) is 11.5. The van der Waals surface area contributed by atoms with Crippen LogP contribution in [-0.4, -0.2) is 52.7 Å². The summed E-state index contributed by atoms with van der Waals surface area (Å²) in [4.78, 5) is 36.0. The van der Waals surface area contributed by atoms with Gasteiger partial charge in [-0.25, -0.2) is 4.39 Å². The van der Waals surface area contributed by atoms with E-state index in [1.54, 1.807) is 6.08 Å². The Bertz CT molecular complexity index is 925. The maximum atomic E-state index is 15.3. The molecule has 0 aromatic carbocycles. The van der Waals surface area contributed by atoms with Gasteiger partial charge in [0, 0.05) is 17.8 Å². The van der Waals surface area contributed by atoms with Crippen molar-refractivity contribution >= 4 is 17.5 Å². The number of rotatable bonds is 3. The zero-order valence-corrected chi connectivity index (χ0v) is 17.4. The maximum absolute atomic E-state index is 15.3. The monoisotopic (exact) mass is 418 g/mol. The number of epoxide rings is 1. The van der Waals surface area contributed by atoms with Gasteiger partial charge in [0.2, 0.25) is 5.78 Å². The van der Waals surface area contributed by atoms with Crippen molar-refractivity contribution in [2.75, 3.05) is 6.61 Å². The number of hydrogen-bond acceptors (Lipinski definition) is 6. The van der Waals surface area contributed by atoms with Gasteiger partial charge >= 0.3 is 5.97 Å². The highest BCUT2D eigenvalue weighted by molar-refractivity contribution is 6.01. The summed E-state index contributed by atoms with van der Waals surface area (Å²) >= 11 is 0. The number of halogens is 1. The van der Waals surface area contributed by atoms with Gasteiger partial charge in [-0.05, 0) is 62.2 Å². The van der Waals surface area contributed by atoms with Gasteiger partial charge in [0.25, 0.3) is 0 Å². The first kappa shape index (κ1) is 20.1. The molecule has 1 heterocycles. The van der Waals surface area contributed by atoms with Gasteiger partial charge in [0.15, 0.2) is 12.4 Å². The van der Waals surface area contributed by atoms with E-state index in [0.717, 1.165) is 0 Å². The highest BCUT2D eigenvalue weighted by Crippen LogP contribution is 2.76. The standard InChI is InChI=1S/C23H27FO6/c1-12(25)29-11-18(27)22(28)7-5-14-15-9-17(24)16-8-13(26)4-6-20(16,2)23(15)19(30-23)10-21(14,22)3/h4,6,8,14-15,17,19,28H,5,7,9-11H2,1-3H3/t14-,15-,17-,19-,20-,21-,22-,23+/m0/s1. The average molecular weight is 418 g/mol. The van der Waals surface area contributed by atoms with Crippen LogP contribution in [0.1, 0.15) is 46.5 Å². The number of aliphatic hydroxyl groups is 1. The lowest BCUT2D eigenvalue weighted by molar-refractivity contribution is -0.166. The number of allylic oxidation sites excluding steroid dienone is 2. The Kier molecular flexibility index (Phi) is 3.94. The van der Waals surface area contributed by atoms with E-state index >= 15 is 4.39 Å². The number of fused-ring (bicyclic) bond motifs is 3. The third kappa shape index (κ3) is 2.18. The van der Waals surface area contributed by atoms with Crippen molar-refractivity contribution in [2.45, 2.75) is 69.9 Å². The number of esters is 1. The first-order chi connectivity index (χ1) is 14.0. The smallest absolute Gasteiger partial charge is 0.303 e. The van der Waals surface area contributed by atoms with Crippen LogP contribution in [0.2, 0.25) is 0 Å². The number of Topliss-reactive ketones (excluding diaryl/α,β-unsaturated/α-hetero) is 1. The lowest BCUT2D eigenvalue weighted by Crippen LogP contribution is -2.62. The molecule has 5 aliphatic rings. The van der Waals surface area contributed by atoms with Crippen LogP contribution >= 0.6 is 0 Å². The van der Waals surface area contributed by atoms with E-state index in [2.05, 4.69) is 0 Å². The van der Waals surface area contributed by atoms with Crippen molar-refractivity contribution in [1.29, 1.82) is 0 Å². The molecule has 0 radical (unpaired) electrons. The van der Waals surface area contributed by atoms with Gasteiger partial charge in [-0.1, -0.05) is 13.0 Å². The van der Waals surface area contributed by atoms with Crippen LogP contribution < -0.4 is 0 Å². The third-order valence-corrected chi connectivity index (χ3v) is 8.94. The fourth-order valence-corrected chi connectivity index (χ4v) is 7.39. The normalized spacial score (nSPS) is 50.6. The van der Waals surface area contributed by atoms with Crippen LogP contribution in [0, 0.1) is 22.7 Å². The van der Waals surface area contributed by atoms with Crippen LogP contribution in [-0.2, 0) is 23.9 Å². The first-order valence-corrected chi connectivity index (χ1v) is 10.7. The molecule has 0 amide bonds. The van der Waals surface area contributed by atoms with Gasteiger partial charge in [-0.15, -0.1) is 0 Å². The second-order valence-corrected chi connectivity index (χ2v) is 10.1. The Morgan fingerprint density at radius 2 is 2.07 bits per heavy atom. The van der Waals surface area contributed by atoms with E-state index in [4.69, 9.17) is 9.47 Å². The molecule has 162 valence electrons. The number of hydrogen-bond donors (Lipinski definition) is 1. The van der Waals surface area contributed by atoms with E-state index in [1.807, 2.05) is 13.8 Å². The van der Waals surface area contributed by atoms with Crippen LogP contribution in [0.25, 0.3) is 0 Å². The number of alkyl halides is 1. The van der Waals surface area contributed by atoms with Crippen LogP contribution in [0.3, 0.4) is 0 Å². The lowest BCUT2D eigenvalue weighted by atomic mass is 9.46. The molecule has 8 atom stereocenters. The van der Waals surface area contributed by atoms with Crippen LogP contribution in [0.5, 0.6) is 0 Å². The van der Waals surface area contributed by atoms with E-state index in [1.165, 1.54) is 19.1 Å². The molecule has 30 heavy (non-hydrogen) atoms. The molecule has 1 N–H and O–H groups in total. The molecular formula is C23H27FO6. The number of ketones is 2. The molecule has 0 unspecified atom stereocenters. The number of carbonyl (C=O) groups is 3. The molecule has 3 saturated carbocycles. The Morgan fingerprint density at radius 1 is 1.33 bits per heavy atom. The van der Waals surface area contributed by atoms with Gasteiger partial charge in [-0.3, -0.25) is 14.4 Å². The molecular weight excluding hydrogens is 391 g/mol. The Morgan fingerprint density at radius 3 is 2.77 bits per heavy atom. The van der Waals surface area contributed by atoms with E-state index in [-0.39, 0.29) is 36.6 Å². The summed E-state index contributed by atoms with van der Waals surface area (Å²) in [5.74, 6) is -1.56. The molecule has 4 aliphatic carbocycles. The van der Waals surface area contributed by atoms with Gasteiger partial charge in [0.1, 0.15) is 17.4 Å². The summed E-state index contributed by atoms with van der Waals surface area (Å²) in [6, 6.07) is 0. The highest BCUT2D eigenvalue weighted by atomic mass is 19.1. The molecule has 0 aromatic heterocycles. The third-order valence-electron chi connectivity index (χ3n) is 8.94. The van der Waals surface area contributed by atoms with E-state index in [0.29, 0.717) is 18.4 Å². The molecule has 0 aromatic rings. The Labute approximate surface area is 174 Å². The summed E-state index contributed by atoms with van der Waals surface area (Å²) in [6.07, 6.45) is 4.73. The quantitative estimate of drug-likeness (QED) is 0.558. The van der Waals surface area contributed by atoms with Gasteiger partial charge < -0.3 is 14.6 Å². The number of ether oxygens (including phenoxy) is 2. The Balaban J connectivity index is 1.52. The maximum Gasteiger partial charge on any atom is 0.303 e. The molecule has 7 heteroatoms. The lowest BCUT2D eigenvalue weighted by Gasteiger charge is -2.56. The fraction of sp³-hybridized carbons (Fsp3) is 0.696. The van der Waals surface area contributed by atoms with Crippen molar-refractivity contribution in [1.82, 2.24) is 0 Å². The second-order valence-electron chi connectivity index (χ2n) is 10.1. The summed E-state index contributed by atoms with van der Waals surface area (Å²) < 4.78 is 26.5. The summed E-state index contributed by atoms with van der Waals surface area (Å²) in [7, 11) is 0. The topological polar surface area (TPSA) is 93.2 Å². The van der Waals surface area contributed by atoms with Crippen molar-refractivity contribution in [3.05, 3.63) is 23.8 Å². The summed E-state index contributed by atoms with van der Waals surface area (Å²) in [6.45, 7) is 4.59. The Hall–Kier alpha value is -1.86. The largest absolute Gasteiger partial charge is 0.458 e. The molecule has 0 bridgehead atoms. The SMILES string of the molecule is CC(=O)OCC(=O)[C@@]1(O)CC[C@H]2[C@@H]3C[C@H](F)C4=CC(=O)C=C[C@]4(C)[C@@]34O[C@H]4C[C@@]21C. The van der Waals surface area contributed by atoms with Crippen molar-refractivity contribution < 1.29 is 33.4 Å². The van der Waals surface area contributed by atoms with Crippen molar-refractivity contribution in [2.24, 2.45) is 22.7 Å².